The van der Waals surface area contributed by atoms with Gasteiger partial charge in [0, 0.05) is 34.3 Å². The molecule has 2 heterocycles. The van der Waals surface area contributed by atoms with Gasteiger partial charge in [-0.15, -0.1) is 11.3 Å². The molecule has 2 aromatic heterocycles. The maximum Gasteiger partial charge on any atom is 0.0991 e. The number of benzene rings is 1. The van der Waals surface area contributed by atoms with Crippen LogP contribution in [0.4, 0.5) is 0 Å². The third kappa shape index (κ3) is 2.73. The van der Waals surface area contributed by atoms with Crippen LogP contribution in [0.5, 0.6) is 0 Å². The molecular formula is C15H14N2OS2. The Morgan fingerprint density at radius 3 is 2.90 bits per heavy atom. The highest BCUT2D eigenvalue weighted by atomic mass is 32.2. The highest BCUT2D eigenvalue weighted by molar-refractivity contribution is 7.83. The smallest absolute Gasteiger partial charge is 0.0991 e. The highest BCUT2D eigenvalue weighted by Gasteiger charge is 2.09. The highest BCUT2D eigenvalue weighted by Crippen LogP contribution is 2.28. The lowest BCUT2D eigenvalue weighted by Crippen LogP contribution is -2.01. The van der Waals surface area contributed by atoms with Crippen molar-refractivity contribution < 1.29 is 4.21 Å². The molecule has 5 heteroatoms. The first-order chi connectivity index (χ1) is 9.74. The minimum Gasteiger partial charge on any atom is -0.306 e. The van der Waals surface area contributed by atoms with Crippen molar-refractivity contribution >= 4 is 22.1 Å². The summed E-state index contributed by atoms with van der Waals surface area (Å²) in [5, 5.41) is 2.07. The molecule has 0 aliphatic heterocycles. The predicted octanol–water partition coefficient (Wildman–Crippen LogP) is 3.48. The molecule has 0 fully saturated rings. The fourth-order valence-electron chi connectivity index (χ4n) is 2.17. The molecule has 1 aromatic carbocycles. The predicted molar refractivity (Wildman–Crippen MR) is 84.6 cm³/mol. The average Bonchev–Trinajstić information content (AvgIpc) is 3.12. The Balaban J connectivity index is 2.09. The zero-order valence-corrected chi connectivity index (χ0v) is 12.7. The van der Waals surface area contributed by atoms with Crippen LogP contribution in [0.25, 0.3) is 16.1 Å². The van der Waals surface area contributed by atoms with Crippen molar-refractivity contribution in [1.29, 1.82) is 0 Å². The normalized spacial score (nSPS) is 12.4. The van der Waals surface area contributed by atoms with E-state index in [1.807, 2.05) is 16.8 Å². The van der Waals surface area contributed by atoms with Crippen LogP contribution in [0.2, 0.25) is 0 Å². The largest absolute Gasteiger partial charge is 0.306 e. The van der Waals surface area contributed by atoms with Gasteiger partial charge < -0.3 is 4.57 Å². The van der Waals surface area contributed by atoms with Crippen molar-refractivity contribution in [2.45, 2.75) is 5.75 Å². The van der Waals surface area contributed by atoms with Gasteiger partial charge in [0.2, 0.25) is 0 Å². The van der Waals surface area contributed by atoms with Crippen molar-refractivity contribution in [3.8, 4) is 16.1 Å². The van der Waals surface area contributed by atoms with Crippen LogP contribution in [0.15, 0.2) is 54.4 Å². The lowest BCUT2D eigenvalue weighted by atomic mass is 10.1. The number of aromatic nitrogens is 2. The first-order valence-electron chi connectivity index (χ1n) is 6.19. The van der Waals surface area contributed by atoms with Crippen LogP contribution < -0.4 is 0 Å². The number of imidazole rings is 1. The van der Waals surface area contributed by atoms with Gasteiger partial charge in [-0.05, 0) is 34.7 Å². The zero-order chi connectivity index (χ0) is 13.9. The molecule has 0 bridgehead atoms. The van der Waals surface area contributed by atoms with E-state index < -0.39 is 10.8 Å². The maximum absolute atomic E-state index is 11.6. The molecule has 0 aliphatic carbocycles. The van der Waals surface area contributed by atoms with Crippen LogP contribution in [-0.4, -0.2) is 20.0 Å². The Morgan fingerprint density at radius 1 is 1.35 bits per heavy atom. The summed E-state index contributed by atoms with van der Waals surface area (Å²) >= 11 is 1.71. The summed E-state index contributed by atoms with van der Waals surface area (Å²) in [5.74, 6) is 0.548. The quantitative estimate of drug-likeness (QED) is 0.739. The monoisotopic (exact) mass is 302 g/mol. The van der Waals surface area contributed by atoms with Crippen LogP contribution in [0.3, 0.4) is 0 Å². The first-order valence-corrected chi connectivity index (χ1v) is 8.80. The van der Waals surface area contributed by atoms with E-state index >= 15 is 0 Å². The van der Waals surface area contributed by atoms with E-state index in [2.05, 4.69) is 34.6 Å². The second-order valence-corrected chi connectivity index (χ2v) is 6.89. The fourth-order valence-corrected chi connectivity index (χ4v) is 3.56. The number of rotatable bonds is 4. The molecule has 20 heavy (non-hydrogen) atoms. The molecule has 0 spiro atoms. The van der Waals surface area contributed by atoms with Gasteiger partial charge in [0.25, 0.3) is 0 Å². The van der Waals surface area contributed by atoms with E-state index in [1.165, 1.54) is 10.4 Å². The van der Waals surface area contributed by atoms with E-state index in [4.69, 9.17) is 0 Å². The second-order valence-electron chi connectivity index (χ2n) is 4.51. The molecule has 0 amide bonds. The third-order valence-corrected chi connectivity index (χ3v) is 4.66. The number of hydrogen-bond donors (Lipinski definition) is 0. The van der Waals surface area contributed by atoms with Gasteiger partial charge >= 0.3 is 0 Å². The van der Waals surface area contributed by atoms with Gasteiger partial charge in [0.05, 0.1) is 17.8 Å². The fraction of sp³-hybridized carbons (Fsp3) is 0.133. The Kier molecular flexibility index (Phi) is 3.80. The minimum absolute atomic E-state index is 0.548. The molecule has 3 aromatic rings. The molecule has 3 nitrogen and oxygen atoms in total. The van der Waals surface area contributed by atoms with E-state index in [0.717, 1.165) is 11.3 Å². The van der Waals surface area contributed by atoms with Crippen molar-refractivity contribution in [2.24, 2.45) is 0 Å². The first kappa shape index (κ1) is 13.3. The Labute approximate surface area is 124 Å². The maximum atomic E-state index is 11.6. The number of nitrogens with zero attached hydrogens (tertiary/aromatic N) is 2. The van der Waals surface area contributed by atoms with Crippen LogP contribution >= 0.6 is 11.3 Å². The number of thiophene rings is 1. The molecule has 0 aliphatic rings. The average molecular weight is 302 g/mol. The molecule has 1 atom stereocenters. The third-order valence-electron chi connectivity index (χ3n) is 3.03. The van der Waals surface area contributed by atoms with Crippen molar-refractivity contribution in [2.75, 3.05) is 6.26 Å². The van der Waals surface area contributed by atoms with Crippen molar-refractivity contribution in [1.82, 2.24) is 9.55 Å². The minimum atomic E-state index is -0.874. The lowest BCUT2D eigenvalue weighted by Gasteiger charge is -2.11. The molecular weight excluding hydrogens is 288 g/mol. The molecule has 0 N–H and O–H groups in total. The van der Waals surface area contributed by atoms with Crippen LogP contribution in [-0.2, 0) is 16.6 Å². The van der Waals surface area contributed by atoms with E-state index in [1.54, 1.807) is 30.1 Å². The number of hydrogen-bond acceptors (Lipinski definition) is 3. The van der Waals surface area contributed by atoms with Gasteiger partial charge in [-0.25, -0.2) is 4.98 Å². The van der Waals surface area contributed by atoms with E-state index in [0.29, 0.717) is 5.75 Å². The molecule has 0 saturated carbocycles. The van der Waals surface area contributed by atoms with Gasteiger partial charge in [0.15, 0.2) is 0 Å². The van der Waals surface area contributed by atoms with Gasteiger partial charge in [-0.3, -0.25) is 4.21 Å². The molecule has 1 unspecified atom stereocenters. The summed E-state index contributed by atoms with van der Waals surface area (Å²) in [7, 11) is -0.874. The topological polar surface area (TPSA) is 34.9 Å². The SMILES string of the molecule is CS(=O)Cc1cc(-c2cccs2)ccc1-n1ccnc1. The van der Waals surface area contributed by atoms with Gasteiger partial charge in [-0.1, -0.05) is 12.1 Å². The lowest BCUT2D eigenvalue weighted by molar-refractivity contribution is 0.686. The van der Waals surface area contributed by atoms with Crippen molar-refractivity contribution in [3.05, 3.63) is 60.0 Å². The Morgan fingerprint density at radius 2 is 2.25 bits per heavy atom. The molecule has 3 rings (SSSR count). The van der Waals surface area contributed by atoms with Crippen LogP contribution in [0.1, 0.15) is 5.56 Å². The van der Waals surface area contributed by atoms with Crippen molar-refractivity contribution in [3.63, 3.8) is 0 Å². The van der Waals surface area contributed by atoms with Gasteiger partial charge in [0.1, 0.15) is 0 Å². The Bertz CT molecular complexity index is 718. The Hall–Kier alpha value is -1.72. The molecule has 0 radical (unpaired) electrons. The zero-order valence-electron chi connectivity index (χ0n) is 11.0. The van der Waals surface area contributed by atoms with Crippen LogP contribution in [0, 0.1) is 0 Å². The summed E-state index contributed by atoms with van der Waals surface area (Å²) in [6, 6.07) is 10.4. The summed E-state index contributed by atoms with van der Waals surface area (Å²) in [4.78, 5) is 5.31. The standard InChI is InChI=1S/C15H14N2OS2/c1-20(18)10-13-9-12(15-3-2-8-19-15)4-5-14(13)17-7-6-16-11-17/h2-9,11H,10H2,1H3. The summed E-state index contributed by atoms with van der Waals surface area (Å²) in [6.45, 7) is 0. The summed E-state index contributed by atoms with van der Waals surface area (Å²) in [5.41, 5.74) is 3.29. The summed E-state index contributed by atoms with van der Waals surface area (Å²) in [6.07, 6.45) is 7.15. The second kappa shape index (κ2) is 5.73. The molecule has 102 valence electrons. The van der Waals surface area contributed by atoms with Gasteiger partial charge in [-0.2, -0.15) is 0 Å². The molecule has 0 saturated heterocycles. The van der Waals surface area contributed by atoms with E-state index in [-0.39, 0.29) is 0 Å². The summed E-state index contributed by atoms with van der Waals surface area (Å²) < 4.78 is 13.6. The van der Waals surface area contributed by atoms with E-state index in [9.17, 15) is 4.21 Å².